The number of nitrogens with zero attached hydrogens (tertiary/aromatic N) is 1. The predicted octanol–water partition coefficient (Wildman–Crippen LogP) is 2.90. The van der Waals surface area contributed by atoms with Crippen molar-refractivity contribution in [3.63, 3.8) is 0 Å². The molecule has 1 aliphatic rings. The van der Waals surface area contributed by atoms with E-state index in [0.717, 1.165) is 22.4 Å². The van der Waals surface area contributed by atoms with Gasteiger partial charge in [-0.15, -0.1) is 0 Å². The van der Waals surface area contributed by atoms with Crippen molar-refractivity contribution in [3.8, 4) is 5.75 Å². The van der Waals surface area contributed by atoms with Gasteiger partial charge in [0.2, 0.25) is 5.90 Å². The Balaban J connectivity index is 2.29. The van der Waals surface area contributed by atoms with E-state index < -0.39 is 0 Å². The molecule has 1 aromatic rings. The number of benzene rings is 1. The average Bonchev–Trinajstić information content (AvgIpc) is 2.93. The lowest BCUT2D eigenvalue weighted by molar-refractivity contribution is 0.241. The van der Waals surface area contributed by atoms with Gasteiger partial charge in [0.05, 0.1) is 12.6 Å². The van der Waals surface area contributed by atoms with E-state index in [2.05, 4.69) is 4.99 Å². The van der Waals surface area contributed by atoms with Crippen molar-refractivity contribution in [2.24, 2.45) is 10.7 Å². The molecule has 108 valence electrons. The van der Waals surface area contributed by atoms with Crippen LogP contribution in [0.2, 0.25) is 0 Å². The van der Waals surface area contributed by atoms with Crippen LogP contribution in [0.1, 0.15) is 31.9 Å². The summed E-state index contributed by atoms with van der Waals surface area (Å²) in [7, 11) is 0. The van der Waals surface area contributed by atoms with Crippen molar-refractivity contribution in [1.29, 1.82) is 0 Å². The van der Waals surface area contributed by atoms with Crippen LogP contribution in [0, 0.1) is 6.92 Å². The lowest BCUT2D eigenvalue weighted by Gasteiger charge is -2.14. The monoisotopic (exact) mass is 274 g/mol. The maximum Gasteiger partial charge on any atom is 0.213 e. The first-order valence-electron chi connectivity index (χ1n) is 6.90. The van der Waals surface area contributed by atoms with Gasteiger partial charge in [-0.2, -0.15) is 0 Å². The maximum atomic E-state index is 6.22. The van der Waals surface area contributed by atoms with Gasteiger partial charge in [-0.3, -0.25) is 0 Å². The Morgan fingerprint density at radius 1 is 1.40 bits per heavy atom. The molecule has 0 saturated heterocycles. The van der Waals surface area contributed by atoms with Crippen LogP contribution >= 0.6 is 0 Å². The average molecular weight is 274 g/mol. The summed E-state index contributed by atoms with van der Waals surface area (Å²) in [5.74, 6) is 1.55. The van der Waals surface area contributed by atoms with Crippen molar-refractivity contribution < 1.29 is 9.47 Å². The number of hydrogen-bond acceptors (Lipinski definition) is 4. The van der Waals surface area contributed by atoms with E-state index in [4.69, 9.17) is 15.2 Å². The lowest BCUT2D eigenvalue weighted by atomic mass is 10.0. The second kappa shape index (κ2) is 5.99. The molecule has 0 amide bonds. The molecule has 0 atom stereocenters. The van der Waals surface area contributed by atoms with Crippen LogP contribution in [-0.4, -0.2) is 25.2 Å². The predicted molar refractivity (Wildman–Crippen MR) is 82.0 cm³/mol. The Bertz CT molecular complexity index is 560. The maximum absolute atomic E-state index is 6.22. The second-order valence-corrected chi connectivity index (χ2v) is 5.22. The first-order chi connectivity index (χ1) is 9.49. The molecule has 1 aromatic carbocycles. The first kappa shape index (κ1) is 14.4. The zero-order valence-corrected chi connectivity index (χ0v) is 12.6. The van der Waals surface area contributed by atoms with Gasteiger partial charge in [0, 0.05) is 11.3 Å². The fourth-order valence-corrected chi connectivity index (χ4v) is 2.10. The van der Waals surface area contributed by atoms with Crippen molar-refractivity contribution in [1.82, 2.24) is 0 Å². The Hall–Kier alpha value is -1.97. The number of nitrogens with two attached hydrogens (primary N) is 1. The van der Waals surface area contributed by atoms with Gasteiger partial charge in [-0.1, -0.05) is 0 Å². The van der Waals surface area contributed by atoms with E-state index in [0.29, 0.717) is 24.7 Å². The van der Waals surface area contributed by atoms with Crippen LogP contribution in [0.4, 0.5) is 0 Å². The van der Waals surface area contributed by atoms with Gasteiger partial charge >= 0.3 is 0 Å². The van der Waals surface area contributed by atoms with Crippen LogP contribution in [0.5, 0.6) is 5.75 Å². The molecule has 2 rings (SSSR count). The molecule has 0 fully saturated rings. The number of aryl methyl sites for hydroxylation is 1. The summed E-state index contributed by atoms with van der Waals surface area (Å²) in [5.41, 5.74) is 9.84. The number of rotatable bonds is 4. The standard InChI is InChI=1S/C16H22N2O2/c1-10(2)20-14-6-5-13(9-11(14)3)15(17)12(4)16-18-7-8-19-16/h5-6,9-10H,7-8,17H2,1-4H3. The summed E-state index contributed by atoms with van der Waals surface area (Å²) < 4.78 is 11.2. The van der Waals surface area contributed by atoms with Gasteiger partial charge in [-0.05, 0) is 57.0 Å². The minimum atomic E-state index is 0.162. The van der Waals surface area contributed by atoms with E-state index in [1.165, 1.54) is 0 Å². The molecule has 0 bridgehead atoms. The molecular weight excluding hydrogens is 252 g/mol. The summed E-state index contributed by atoms with van der Waals surface area (Å²) in [6, 6.07) is 5.97. The zero-order valence-electron chi connectivity index (χ0n) is 12.6. The highest BCUT2D eigenvalue weighted by Gasteiger charge is 2.14. The summed E-state index contributed by atoms with van der Waals surface area (Å²) in [5, 5.41) is 0. The highest BCUT2D eigenvalue weighted by Crippen LogP contribution is 2.24. The van der Waals surface area contributed by atoms with Crippen molar-refractivity contribution in [3.05, 3.63) is 34.9 Å². The molecule has 0 aliphatic carbocycles. The lowest BCUT2D eigenvalue weighted by Crippen LogP contribution is -2.10. The molecule has 0 saturated carbocycles. The molecule has 0 radical (unpaired) electrons. The molecule has 4 heteroatoms. The molecule has 4 nitrogen and oxygen atoms in total. The highest BCUT2D eigenvalue weighted by atomic mass is 16.5. The van der Waals surface area contributed by atoms with E-state index in [1.807, 2.05) is 45.9 Å². The molecule has 0 aromatic heterocycles. The largest absolute Gasteiger partial charge is 0.491 e. The minimum Gasteiger partial charge on any atom is -0.491 e. The quantitative estimate of drug-likeness (QED) is 0.918. The molecule has 1 aliphatic heterocycles. The molecular formula is C16H22N2O2. The molecule has 2 N–H and O–H groups in total. The fraction of sp³-hybridized carbons (Fsp3) is 0.438. The van der Waals surface area contributed by atoms with Gasteiger partial charge < -0.3 is 15.2 Å². The number of hydrogen-bond donors (Lipinski definition) is 1. The molecule has 0 unspecified atom stereocenters. The third-order valence-electron chi connectivity index (χ3n) is 3.16. The normalized spacial score (nSPS) is 15.8. The van der Waals surface area contributed by atoms with E-state index >= 15 is 0 Å². The van der Waals surface area contributed by atoms with Crippen LogP contribution in [0.15, 0.2) is 28.8 Å². The van der Waals surface area contributed by atoms with E-state index in [9.17, 15) is 0 Å². The summed E-state index contributed by atoms with van der Waals surface area (Å²) in [6.45, 7) is 9.34. The van der Waals surface area contributed by atoms with Crippen LogP contribution in [0.25, 0.3) is 5.70 Å². The van der Waals surface area contributed by atoms with Gasteiger partial charge in [0.15, 0.2) is 0 Å². The summed E-state index contributed by atoms with van der Waals surface area (Å²) in [6.07, 6.45) is 0.162. The topological polar surface area (TPSA) is 56.8 Å². The van der Waals surface area contributed by atoms with Crippen molar-refractivity contribution in [2.45, 2.75) is 33.8 Å². The van der Waals surface area contributed by atoms with E-state index in [-0.39, 0.29) is 6.10 Å². The van der Waals surface area contributed by atoms with Crippen LogP contribution < -0.4 is 10.5 Å². The second-order valence-electron chi connectivity index (χ2n) is 5.22. The Kier molecular flexibility index (Phi) is 4.32. The Morgan fingerprint density at radius 2 is 2.15 bits per heavy atom. The minimum absolute atomic E-state index is 0.162. The summed E-state index contributed by atoms with van der Waals surface area (Å²) in [4.78, 5) is 4.29. The molecule has 20 heavy (non-hydrogen) atoms. The number of aliphatic imine (C=N–C) groups is 1. The third kappa shape index (κ3) is 3.13. The van der Waals surface area contributed by atoms with Crippen LogP contribution in [-0.2, 0) is 4.74 Å². The number of ether oxygens (including phenoxy) is 2. The van der Waals surface area contributed by atoms with Gasteiger partial charge in [0.25, 0.3) is 0 Å². The van der Waals surface area contributed by atoms with Crippen LogP contribution in [0.3, 0.4) is 0 Å². The van der Waals surface area contributed by atoms with Crippen molar-refractivity contribution >= 4 is 11.6 Å². The fourth-order valence-electron chi connectivity index (χ4n) is 2.10. The molecule has 1 heterocycles. The first-order valence-corrected chi connectivity index (χ1v) is 6.90. The highest BCUT2D eigenvalue weighted by molar-refractivity contribution is 6.00. The molecule has 0 spiro atoms. The summed E-state index contributed by atoms with van der Waals surface area (Å²) >= 11 is 0. The SMILES string of the molecule is CC(C1=NCCO1)=C(N)c1ccc(OC(C)C)c(C)c1. The smallest absolute Gasteiger partial charge is 0.213 e. The third-order valence-corrected chi connectivity index (χ3v) is 3.16. The van der Waals surface area contributed by atoms with Gasteiger partial charge in [-0.25, -0.2) is 4.99 Å². The van der Waals surface area contributed by atoms with E-state index in [1.54, 1.807) is 0 Å². The Labute approximate surface area is 120 Å². The zero-order chi connectivity index (χ0) is 14.7. The van der Waals surface area contributed by atoms with Crippen molar-refractivity contribution in [2.75, 3.05) is 13.2 Å². The Morgan fingerprint density at radius 3 is 2.70 bits per heavy atom. The van der Waals surface area contributed by atoms with Gasteiger partial charge in [0.1, 0.15) is 12.4 Å².